The first kappa shape index (κ1) is 13.4. The summed E-state index contributed by atoms with van der Waals surface area (Å²) >= 11 is 0. The van der Waals surface area contributed by atoms with Crippen LogP contribution in [-0.2, 0) is 11.3 Å². The minimum atomic E-state index is 0.0159. The molecule has 1 aromatic carbocycles. The number of Topliss-reactive ketones (excluding diaryl/α,β-unsaturated/α-hetero) is 1. The van der Waals surface area contributed by atoms with Gasteiger partial charge in [-0.2, -0.15) is 0 Å². The Bertz CT molecular complexity index is 515. The van der Waals surface area contributed by atoms with Gasteiger partial charge in [0, 0.05) is 18.7 Å². The maximum absolute atomic E-state index is 11.8. The van der Waals surface area contributed by atoms with Crippen LogP contribution >= 0.6 is 0 Å². The molecule has 1 aliphatic carbocycles. The molecule has 0 radical (unpaired) electrons. The van der Waals surface area contributed by atoms with E-state index in [-0.39, 0.29) is 5.78 Å². The smallest absolute Gasteiger partial charge is 0.212 e. The molecule has 1 aromatic rings. The second-order valence-electron chi connectivity index (χ2n) is 5.17. The van der Waals surface area contributed by atoms with E-state index in [0.29, 0.717) is 23.7 Å². The third-order valence-electron chi connectivity index (χ3n) is 3.05. The summed E-state index contributed by atoms with van der Waals surface area (Å²) in [4.78, 5) is 11.8. The molecule has 0 fully saturated rings. The molecule has 2 N–H and O–H groups in total. The van der Waals surface area contributed by atoms with Crippen molar-refractivity contribution in [1.29, 1.82) is 0 Å². The normalized spacial score (nSPS) is 14.7. The lowest BCUT2D eigenvalue weighted by atomic mass is 9.92. The Balaban J connectivity index is 2.00. The third-order valence-corrected chi connectivity index (χ3v) is 3.05. The number of hydrogen-bond acceptors (Lipinski definition) is 3. The standard InChI is InChI=1S/C16H20N2O/c1-11(2)9-17-14-12(3)16(19)15(14)18-10-13-7-5-4-6-8-13/h4-8,11,17-18H,3,9-10H2,1-2H3. The number of hydrogen-bond donors (Lipinski definition) is 2. The molecule has 3 heteroatoms. The molecule has 0 bridgehead atoms. The summed E-state index contributed by atoms with van der Waals surface area (Å²) in [6, 6.07) is 10.0. The highest BCUT2D eigenvalue weighted by molar-refractivity contribution is 6.18. The molecule has 100 valence electrons. The Hall–Kier alpha value is -2.03. The number of benzene rings is 1. The van der Waals surface area contributed by atoms with Crippen LogP contribution in [0.1, 0.15) is 19.4 Å². The van der Waals surface area contributed by atoms with Crippen molar-refractivity contribution in [2.45, 2.75) is 20.4 Å². The molecule has 2 rings (SSSR count). The molecular formula is C16H20N2O. The third kappa shape index (κ3) is 3.05. The summed E-state index contributed by atoms with van der Waals surface area (Å²) in [6.07, 6.45) is 0. The van der Waals surface area contributed by atoms with Crippen molar-refractivity contribution in [3.63, 3.8) is 0 Å². The number of allylic oxidation sites excluding steroid dienone is 2. The predicted molar refractivity (Wildman–Crippen MR) is 77.3 cm³/mol. The Kier molecular flexibility index (Phi) is 4.05. The lowest BCUT2D eigenvalue weighted by Crippen LogP contribution is -2.39. The van der Waals surface area contributed by atoms with Crippen LogP contribution in [0.15, 0.2) is 53.9 Å². The van der Waals surface area contributed by atoms with Crippen molar-refractivity contribution in [3.8, 4) is 0 Å². The van der Waals surface area contributed by atoms with E-state index in [2.05, 4.69) is 31.1 Å². The van der Waals surface area contributed by atoms with Gasteiger partial charge in [-0.15, -0.1) is 0 Å². The van der Waals surface area contributed by atoms with Crippen LogP contribution in [0.25, 0.3) is 0 Å². The van der Waals surface area contributed by atoms with Gasteiger partial charge in [-0.05, 0) is 11.5 Å². The van der Waals surface area contributed by atoms with Crippen LogP contribution in [0.5, 0.6) is 0 Å². The van der Waals surface area contributed by atoms with Gasteiger partial charge in [-0.3, -0.25) is 4.79 Å². The van der Waals surface area contributed by atoms with Crippen molar-refractivity contribution in [3.05, 3.63) is 59.4 Å². The maximum atomic E-state index is 11.8. The monoisotopic (exact) mass is 256 g/mol. The average Bonchev–Trinajstić information content (AvgIpc) is 2.42. The Morgan fingerprint density at radius 1 is 1.11 bits per heavy atom. The largest absolute Gasteiger partial charge is 0.382 e. The fraction of sp³-hybridized carbons (Fsp3) is 0.312. The first-order valence-electron chi connectivity index (χ1n) is 6.59. The van der Waals surface area contributed by atoms with Crippen LogP contribution in [0, 0.1) is 5.92 Å². The molecule has 0 amide bonds. The number of nitrogens with one attached hydrogen (secondary N) is 2. The van der Waals surface area contributed by atoms with E-state index in [1.165, 1.54) is 0 Å². The lowest BCUT2D eigenvalue weighted by molar-refractivity contribution is -0.113. The van der Waals surface area contributed by atoms with E-state index in [1.54, 1.807) is 0 Å². The van der Waals surface area contributed by atoms with E-state index in [9.17, 15) is 4.79 Å². The molecule has 0 spiro atoms. The van der Waals surface area contributed by atoms with E-state index in [4.69, 9.17) is 0 Å². The molecule has 0 atom stereocenters. The molecular weight excluding hydrogens is 236 g/mol. The van der Waals surface area contributed by atoms with E-state index in [1.807, 2.05) is 30.3 Å². The number of carbonyl (C=O) groups is 1. The van der Waals surface area contributed by atoms with Crippen molar-refractivity contribution >= 4 is 5.78 Å². The minimum absolute atomic E-state index is 0.0159. The number of ketones is 1. The highest BCUT2D eigenvalue weighted by Gasteiger charge is 2.31. The van der Waals surface area contributed by atoms with Gasteiger partial charge >= 0.3 is 0 Å². The van der Waals surface area contributed by atoms with Crippen LogP contribution in [0.3, 0.4) is 0 Å². The van der Waals surface area contributed by atoms with Crippen molar-refractivity contribution in [2.75, 3.05) is 6.54 Å². The summed E-state index contributed by atoms with van der Waals surface area (Å²) in [5.74, 6) is 0.550. The number of rotatable bonds is 6. The summed E-state index contributed by atoms with van der Waals surface area (Å²) in [5.41, 5.74) is 3.27. The Morgan fingerprint density at radius 3 is 2.42 bits per heavy atom. The molecule has 0 heterocycles. The van der Waals surface area contributed by atoms with Crippen molar-refractivity contribution < 1.29 is 4.79 Å². The van der Waals surface area contributed by atoms with Crippen LogP contribution in [0.4, 0.5) is 0 Å². The van der Waals surface area contributed by atoms with Crippen molar-refractivity contribution in [2.24, 2.45) is 5.92 Å². The topological polar surface area (TPSA) is 41.1 Å². The van der Waals surface area contributed by atoms with Gasteiger partial charge in [0.2, 0.25) is 5.78 Å². The summed E-state index contributed by atoms with van der Waals surface area (Å²) < 4.78 is 0. The zero-order chi connectivity index (χ0) is 13.8. The Morgan fingerprint density at radius 2 is 1.79 bits per heavy atom. The van der Waals surface area contributed by atoms with Gasteiger partial charge in [0.05, 0.1) is 5.70 Å². The van der Waals surface area contributed by atoms with Gasteiger partial charge < -0.3 is 10.6 Å². The molecule has 0 aliphatic heterocycles. The Labute approximate surface area is 114 Å². The molecule has 0 unspecified atom stereocenters. The molecule has 0 aromatic heterocycles. The zero-order valence-corrected chi connectivity index (χ0v) is 11.5. The average molecular weight is 256 g/mol. The van der Waals surface area contributed by atoms with Crippen LogP contribution in [0.2, 0.25) is 0 Å². The highest BCUT2D eigenvalue weighted by Crippen LogP contribution is 2.25. The first-order chi connectivity index (χ1) is 9.09. The first-order valence-corrected chi connectivity index (χ1v) is 6.59. The molecule has 0 saturated carbocycles. The van der Waals surface area contributed by atoms with Gasteiger partial charge in [0.1, 0.15) is 5.70 Å². The number of carbonyl (C=O) groups excluding carboxylic acids is 1. The van der Waals surface area contributed by atoms with Gasteiger partial charge in [-0.1, -0.05) is 50.8 Å². The SMILES string of the molecule is C=C1C(=O)C(NCc2ccccc2)=C1NCC(C)C. The minimum Gasteiger partial charge on any atom is -0.382 e. The van der Waals surface area contributed by atoms with Gasteiger partial charge in [0.25, 0.3) is 0 Å². The van der Waals surface area contributed by atoms with E-state index in [0.717, 1.165) is 17.8 Å². The van der Waals surface area contributed by atoms with Gasteiger partial charge in [-0.25, -0.2) is 0 Å². The van der Waals surface area contributed by atoms with Crippen LogP contribution < -0.4 is 10.6 Å². The second-order valence-corrected chi connectivity index (χ2v) is 5.17. The fourth-order valence-corrected chi connectivity index (χ4v) is 1.92. The molecule has 1 aliphatic rings. The van der Waals surface area contributed by atoms with E-state index >= 15 is 0 Å². The maximum Gasteiger partial charge on any atom is 0.212 e. The molecule has 3 nitrogen and oxygen atoms in total. The predicted octanol–water partition coefficient (Wildman–Crippen LogP) is 2.37. The molecule has 19 heavy (non-hydrogen) atoms. The summed E-state index contributed by atoms with van der Waals surface area (Å²) in [5, 5.41) is 6.48. The van der Waals surface area contributed by atoms with E-state index < -0.39 is 0 Å². The lowest BCUT2D eigenvalue weighted by Gasteiger charge is -2.27. The molecule has 0 saturated heterocycles. The summed E-state index contributed by atoms with van der Waals surface area (Å²) in [6.45, 7) is 9.56. The fourth-order valence-electron chi connectivity index (χ4n) is 1.92. The van der Waals surface area contributed by atoms with Crippen LogP contribution in [-0.4, -0.2) is 12.3 Å². The van der Waals surface area contributed by atoms with Crippen molar-refractivity contribution in [1.82, 2.24) is 10.6 Å². The zero-order valence-electron chi connectivity index (χ0n) is 11.5. The summed E-state index contributed by atoms with van der Waals surface area (Å²) in [7, 11) is 0. The van der Waals surface area contributed by atoms with Gasteiger partial charge in [0.15, 0.2) is 0 Å². The highest BCUT2D eigenvalue weighted by atomic mass is 16.1. The second kappa shape index (κ2) is 5.74. The quantitative estimate of drug-likeness (QED) is 0.768.